The number of nitrogens with zero attached hydrogens (tertiary/aromatic N) is 2. The van der Waals surface area contributed by atoms with Gasteiger partial charge >= 0.3 is 0 Å². The van der Waals surface area contributed by atoms with Crippen LogP contribution in [-0.2, 0) is 6.42 Å². The SMILES string of the molecule is N=C(N)N/C(=N/CCc1ccccc1)N1CCCCC1. The number of hydrogen-bond donors (Lipinski definition) is 3. The zero-order valence-electron chi connectivity index (χ0n) is 11.8. The van der Waals surface area contributed by atoms with E-state index in [1.807, 2.05) is 18.2 Å². The molecule has 108 valence electrons. The van der Waals surface area contributed by atoms with Crippen molar-refractivity contribution in [3.8, 4) is 0 Å². The van der Waals surface area contributed by atoms with Crippen molar-refractivity contribution in [2.75, 3.05) is 19.6 Å². The molecule has 20 heavy (non-hydrogen) atoms. The summed E-state index contributed by atoms with van der Waals surface area (Å²) >= 11 is 0. The maximum absolute atomic E-state index is 7.40. The van der Waals surface area contributed by atoms with Gasteiger partial charge in [-0.1, -0.05) is 30.3 Å². The fourth-order valence-electron chi connectivity index (χ4n) is 2.38. The molecule has 1 heterocycles. The summed E-state index contributed by atoms with van der Waals surface area (Å²) in [5, 5.41) is 10.3. The number of aliphatic imine (C=N–C) groups is 1. The second kappa shape index (κ2) is 7.53. The molecule has 1 fully saturated rings. The first-order valence-electron chi connectivity index (χ1n) is 7.20. The maximum Gasteiger partial charge on any atom is 0.200 e. The van der Waals surface area contributed by atoms with Crippen LogP contribution < -0.4 is 11.1 Å². The summed E-state index contributed by atoms with van der Waals surface area (Å²) in [7, 11) is 0. The van der Waals surface area contributed by atoms with Crippen molar-refractivity contribution in [3.63, 3.8) is 0 Å². The van der Waals surface area contributed by atoms with Crippen LogP contribution in [0.4, 0.5) is 0 Å². The van der Waals surface area contributed by atoms with Gasteiger partial charge in [-0.25, -0.2) is 0 Å². The third-order valence-electron chi connectivity index (χ3n) is 3.41. The molecule has 5 nitrogen and oxygen atoms in total. The number of nitrogens with one attached hydrogen (secondary N) is 2. The third kappa shape index (κ3) is 4.57. The average Bonchev–Trinajstić information content (AvgIpc) is 2.48. The lowest BCUT2D eigenvalue weighted by Gasteiger charge is -2.29. The number of piperidine rings is 1. The molecular weight excluding hydrogens is 250 g/mol. The van der Waals surface area contributed by atoms with Crippen LogP contribution in [0, 0.1) is 5.41 Å². The molecule has 0 radical (unpaired) electrons. The van der Waals surface area contributed by atoms with E-state index < -0.39 is 0 Å². The van der Waals surface area contributed by atoms with E-state index in [0.717, 1.165) is 25.5 Å². The molecule has 1 aromatic carbocycles. The van der Waals surface area contributed by atoms with Gasteiger partial charge in [0.25, 0.3) is 0 Å². The molecule has 0 bridgehead atoms. The highest BCUT2D eigenvalue weighted by Crippen LogP contribution is 2.09. The summed E-state index contributed by atoms with van der Waals surface area (Å²) in [6.07, 6.45) is 4.53. The molecule has 0 spiro atoms. The van der Waals surface area contributed by atoms with E-state index in [4.69, 9.17) is 11.1 Å². The van der Waals surface area contributed by atoms with Crippen LogP contribution >= 0.6 is 0 Å². The Kier molecular flexibility index (Phi) is 5.41. The highest BCUT2D eigenvalue weighted by Gasteiger charge is 2.14. The summed E-state index contributed by atoms with van der Waals surface area (Å²) in [5.74, 6) is 0.696. The van der Waals surface area contributed by atoms with Gasteiger partial charge in [0.1, 0.15) is 0 Å². The summed E-state index contributed by atoms with van der Waals surface area (Å²) in [6.45, 7) is 2.69. The molecule has 1 aromatic rings. The molecule has 0 aromatic heterocycles. The van der Waals surface area contributed by atoms with Gasteiger partial charge in [0.2, 0.25) is 5.96 Å². The van der Waals surface area contributed by atoms with Crippen molar-refractivity contribution in [2.45, 2.75) is 25.7 Å². The van der Waals surface area contributed by atoms with Crippen LogP contribution in [0.15, 0.2) is 35.3 Å². The smallest absolute Gasteiger partial charge is 0.200 e. The number of hydrogen-bond acceptors (Lipinski definition) is 2. The fourth-order valence-corrected chi connectivity index (χ4v) is 2.38. The highest BCUT2D eigenvalue weighted by molar-refractivity contribution is 5.96. The lowest BCUT2D eigenvalue weighted by atomic mass is 10.1. The van der Waals surface area contributed by atoms with Gasteiger partial charge in [0.15, 0.2) is 5.96 Å². The zero-order chi connectivity index (χ0) is 14.2. The van der Waals surface area contributed by atoms with Crippen LogP contribution in [0.5, 0.6) is 0 Å². The van der Waals surface area contributed by atoms with Crippen LogP contribution in [0.3, 0.4) is 0 Å². The van der Waals surface area contributed by atoms with E-state index in [1.165, 1.54) is 24.8 Å². The van der Waals surface area contributed by atoms with Crippen LogP contribution in [-0.4, -0.2) is 36.5 Å². The monoisotopic (exact) mass is 273 g/mol. The first-order chi connectivity index (χ1) is 9.75. The van der Waals surface area contributed by atoms with E-state index in [1.54, 1.807) is 0 Å². The summed E-state index contributed by atoms with van der Waals surface area (Å²) in [6, 6.07) is 10.3. The van der Waals surface area contributed by atoms with Crippen molar-refractivity contribution in [3.05, 3.63) is 35.9 Å². The predicted molar refractivity (Wildman–Crippen MR) is 82.9 cm³/mol. The minimum atomic E-state index is -0.0472. The Hall–Kier alpha value is -2.04. The first-order valence-corrected chi connectivity index (χ1v) is 7.20. The Morgan fingerprint density at radius 3 is 2.55 bits per heavy atom. The molecule has 0 unspecified atom stereocenters. The molecule has 0 aliphatic carbocycles. The normalized spacial score (nSPS) is 16.0. The fraction of sp³-hybridized carbons (Fsp3) is 0.467. The number of benzene rings is 1. The van der Waals surface area contributed by atoms with Gasteiger partial charge in [-0.2, -0.15) is 0 Å². The lowest BCUT2D eigenvalue weighted by Crippen LogP contribution is -2.48. The summed E-state index contributed by atoms with van der Waals surface area (Å²) in [5.41, 5.74) is 6.72. The van der Waals surface area contributed by atoms with Gasteiger partial charge in [-0.3, -0.25) is 15.7 Å². The van der Waals surface area contributed by atoms with Crippen molar-refractivity contribution in [2.24, 2.45) is 10.7 Å². The standard InChI is InChI=1S/C15H23N5/c16-14(17)19-15(20-11-5-2-6-12-20)18-10-9-13-7-3-1-4-8-13/h1,3-4,7-8H,2,5-6,9-12H2,(H4,16,17,18,19). The van der Waals surface area contributed by atoms with E-state index in [0.29, 0.717) is 6.54 Å². The summed E-state index contributed by atoms with van der Waals surface area (Å²) in [4.78, 5) is 6.78. The quantitative estimate of drug-likeness (QED) is 0.577. The van der Waals surface area contributed by atoms with Crippen molar-refractivity contribution in [1.82, 2.24) is 10.2 Å². The molecule has 1 aliphatic rings. The predicted octanol–water partition coefficient (Wildman–Crippen LogP) is 1.55. The Morgan fingerprint density at radius 1 is 1.20 bits per heavy atom. The molecule has 5 heteroatoms. The van der Waals surface area contributed by atoms with Gasteiger partial charge in [0.05, 0.1) is 0 Å². The van der Waals surface area contributed by atoms with Crippen LogP contribution in [0.2, 0.25) is 0 Å². The summed E-state index contributed by atoms with van der Waals surface area (Å²) < 4.78 is 0. The topological polar surface area (TPSA) is 77.5 Å². The molecule has 0 saturated carbocycles. The van der Waals surface area contributed by atoms with E-state index >= 15 is 0 Å². The van der Waals surface area contributed by atoms with E-state index in [-0.39, 0.29) is 5.96 Å². The number of guanidine groups is 2. The van der Waals surface area contributed by atoms with Gasteiger partial charge in [0, 0.05) is 19.6 Å². The molecule has 4 N–H and O–H groups in total. The molecule has 0 amide bonds. The van der Waals surface area contributed by atoms with Crippen molar-refractivity contribution in [1.29, 1.82) is 5.41 Å². The Morgan fingerprint density at radius 2 is 1.90 bits per heavy atom. The molecule has 1 aliphatic heterocycles. The van der Waals surface area contributed by atoms with Crippen LogP contribution in [0.25, 0.3) is 0 Å². The van der Waals surface area contributed by atoms with Crippen molar-refractivity contribution < 1.29 is 0 Å². The lowest BCUT2D eigenvalue weighted by molar-refractivity contribution is 0.335. The first kappa shape index (κ1) is 14.4. The third-order valence-corrected chi connectivity index (χ3v) is 3.41. The number of nitrogens with two attached hydrogens (primary N) is 1. The average molecular weight is 273 g/mol. The Balaban J connectivity index is 1.94. The highest BCUT2D eigenvalue weighted by atomic mass is 15.3. The van der Waals surface area contributed by atoms with Crippen molar-refractivity contribution >= 4 is 11.9 Å². The van der Waals surface area contributed by atoms with Gasteiger partial charge in [-0.15, -0.1) is 0 Å². The molecule has 0 atom stereocenters. The number of rotatable bonds is 3. The zero-order valence-corrected chi connectivity index (χ0v) is 11.8. The maximum atomic E-state index is 7.40. The molecule has 2 rings (SSSR count). The second-order valence-corrected chi connectivity index (χ2v) is 5.03. The number of likely N-dealkylation sites (tertiary alicyclic amines) is 1. The minimum absolute atomic E-state index is 0.0472. The molecule has 1 saturated heterocycles. The Bertz CT molecular complexity index is 449. The van der Waals surface area contributed by atoms with Gasteiger partial charge < -0.3 is 10.6 Å². The second-order valence-electron chi connectivity index (χ2n) is 5.03. The largest absolute Gasteiger partial charge is 0.370 e. The van der Waals surface area contributed by atoms with E-state index in [9.17, 15) is 0 Å². The Labute approximate surface area is 120 Å². The minimum Gasteiger partial charge on any atom is -0.370 e. The van der Waals surface area contributed by atoms with Gasteiger partial charge in [-0.05, 0) is 31.2 Å². The van der Waals surface area contributed by atoms with E-state index in [2.05, 4.69) is 27.3 Å². The molecular formula is C15H23N5. The van der Waals surface area contributed by atoms with Crippen LogP contribution in [0.1, 0.15) is 24.8 Å².